The van der Waals surface area contributed by atoms with E-state index in [9.17, 15) is 4.79 Å². The molecule has 0 aromatic heterocycles. The lowest BCUT2D eigenvalue weighted by molar-refractivity contribution is -0.129. The second kappa shape index (κ2) is 5.05. The molecule has 1 aliphatic heterocycles. The highest BCUT2D eigenvalue weighted by Crippen LogP contribution is 2.21. The Balaban J connectivity index is 2.64. The van der Waals surface area contributed by atoms with Crippen LogP contribution >= 0.6 is 0 Å². The van der Waals surface area contributed by atoms with Gasteiger partial charge in [-0.1, -0.05) is 26.3 Å². The first-order chi connectivity index (χ1) is 6.29. The van der Waals surface area contributed by atoms with Crippen molar-refractivity contribution in [2.75, 3.05) is 0 Å². The Bertz CT molecular complexity index is 189. The standard InChI is InChI=1S/C11H19NO/c1-3-7-10-8-5-6-9-11(13)12(10)4-2/h4,10H,2-3,5-9H2,1H3. The first-order valence-electron chi connectivity index (χ1n) is 5.23. The highest BCUT2D eigenvalue weighted by Gasteiger charge is 2.22. The maximum absolute atomic E-state index is 11.6. The van der Waals surface area contributed by atoms with Crippen LogP contribution in [0.3, 0.4) is 0 Å². The third-order valence-corrected chi connectivity index (χ3v) is 2.68. The van der Waals surface area contributed by atoms with E-state index in [1.807, 2.05) is 4.90 Å². The van der Waals surface area contributed by atoms with Crippen molar-refractivity contribution in [1.29, 1.82) is 0 Å². The van der Waals surface area contributed by atoms with Gasteiger partial charge in [-0.2, -0.15) is 0 Å². The fourth-order valence-electron chi connectivity index (χ4n) is 2.00. The van der Waals surface area contributed by atoms with Crippen LogP contribution in [-0.4, -0.2) is 16.8 Å². The average molecular weight is 181 g/mol. The molecule has 1 aliphatic rings. The molecule has 0 radical (unpaired) electrons. The van der Waals surface area contributed by atoms with Crippen molar-refractivity contribution in [2.24, 2.45) is 0 Å². The molecule has 2 nitrogen and oxygen atoms in total. The topological polar surface area (TPSA) is 20.3 Å². The predicted octanol–water partition coefficient (Wildman–Crippen LogP) is 2.70. The number of hydrogen-bond donors (Lipinski definition) is 0. The highest BCUT2D eigenvalue weighted by atomic mass is 16.2. The zero-order valence-corrected chi connectivity index (χ0v) is 8.46. The molecule has 13 heavy (non-hydrogen) atoms. The summed E-state index contributed by atoms with van der Waals surface area (Å²) in [4.78, 5) is 13.4. The van der Waals surface area contributed by atoms with Crippen molar-refractivity contribution < 1.29 is 4.79 Å². The molecule has 0 aliphatic carbocycles. The Hall–Kier alpha value is -0.790. The van der Waals surface area contributed by atoms with Crippen LogP contribution in [-0.2, 0) is 4.79 Å². The summed E-state index contributed by atoms with van der Waals surface area (Å²) in [6.07, 6.45) is 8.02. The summed E-state index contributed by atoms with van der Waals surface area (Å²) < 4.78 is 0. The van der Waals surface area contributed by atoms with Crippen molar-refractivity contribution >= 4 is 5.91 Å². The minimum absolute atomic E-state index is 0.256. The van der Waals surface area contributed by atoms with Gasteiger partial charge in [0, 0.05) is 12.5 Å². The number of carbonyl (C=O) groups excluding carboxylic acids is 1. The van der Waals surface area contributed by atoms with Gasteiger partial charge in [-0.25, -0.2) is 0 Å². The Labute approximate surface area is 80.6 Å². The van der Waals surface area contributed by atoms with Gasteiger partial charge in [-0.3, -0.25) is 4.79 Å². The average Bonchev–Trinajstić information content (AvgIpc) is 2.28. The van der Waals surface area contributed by atoms with E-state index in [-0.39, 0.29) is 5.91 Å². The first kappa shape index (κ1) is 10.3. The van der Waals surface area contributed by atoms with E-state index in [1.165, 1.54) is 6.42 Å². The van der Waals surface area contributed by atoms with Crippen LogP contribution in [0.25, 0.3) is 0 Å². The highest BCUT2D eigenvalue weighted by molar-refractivity contribution is 5.77. The van der Waals surface area contributed by atoms with Gasteiger partial charge in [-0.15, -0.1) is 0 Å². The monoisotopic (exact) mass is 181 g/mol. The normalized spacial score (nSPS) is 24.2. The van der Waals surface area contributed by atoms with E-state index < -0.39 is 0 Å². The minimum atomic E-state index is 0.256. The van der Waals surface area contributed by atoms with Crippen LogP contribution in [0.4, 0.5) is 0 Å². The van der Waals surface area contributed by atoms with Gasteiger partial charge >= 0.3 is 0 Å². The molecular weight excluding hydrogens is 162 g/mol. The molecule has 74 valence electrons. The van der Waals surface area contributed by atoms with E-state index >= 15 is 0 Å². The number of amides is 1. The maximum atomic E-state index is 11.6. The smallest absolute Gasteiger partial charge is 0.226 e. The molecule has 1 atom stereocenters. The molecule has 0 bridgehead atoms. The van der Waals surface area contributed by atoms with Crippen LogP contribution in [0.1, 0.15) is 45.4 Å². The van der Waals surface area contributed by atoms with E-state index in [0.717, 1.165) is 25.7 Å². The van der Waals surface area contributed by atoms with E-state index in [0.29, 0.717) is 12.5 Å². The summed E-state index contributed by atoms with van der Waals surface area (Å²) in [5.41, 5.74) is 0. The Kier molecular flexibility index (Phi) is 4.00. The zero-order chi connectivity index (χ0) is 9.68. The van der Waals surface area contributed by atoms with Crippen LogP contribution in [0.15, 0.2) is 12.8 Å². The predicted molar refractivity (Wildman–Crippen MR) is 54.2 cm³/mol. The summed E-state index contributed by atoms with van der Waals surface area (Å²) >= 11 is 0. The number of likely N-dealkylation sites (tertiary alicyclic amines) is 1. The first-order valence-corrected chi connectivity index (χ1v) is 5.23. The number of carbonyl (C=O) groups is 1. The van der Waals surface area contributed by atoms with Crippen LogP contribution < -0.4 is 0 Å². The van der Waals surface area contributed by atoms with E-state index in [4.69, 9.17) is 0 Å². The van der Waals surface area contributed by atoms with Gasteiger partial charge in [0.05, 0.1) is 0 Å². The summed E-state index contributed by atoms with van der Waals surface area (Å²) in [6.45, 7) is 5.88. The molecule has 1 saturated heterocycles. The quantitative estimate of drug-likeness (QED) is 0.655. The van der Waals surface area contributed by atoms with Gasteiger partial charge in [0.1, 0.15) is 0 Å². The molecule has 1 fully saturated rings. The Morgan fingerprint density at radius 1 is 1.62 bits per heavy atom. The SMILES string of the molecule is C=CN1C(=O)CCCCC1CCC. The molecule has 1 amide bonds. The van der Waals surface area contributed by atoms with Crippen LogP contribution in [0, 0.1) is 0 Å². The largest absolute Gasteiger partial charge is 0.317 e. The van der Waals surface area contributed by atoms with Crippen molar-refractivity contribution in [2.45, 2.75) is 51.5 Å². The molecule has 2 heteroatoms. The fraction of sp³-hybridized carbons (Fsp3) is 0.727. The van der Waals surface area contributed by atoms with Crippen molar-refractivity contribution in [3.05, 3.63) is 12.8 Å². The maximum Gasteiger partial charge on any atom is 0.226 e. The summed E-state index contributed by atoms with van der Waals surface area (Å²) in [5.74, 6) is 0.256. The third-order valence-electron chi connectivity index (χ3n) is 2.68. The van der Waals surface area contributed by atoms with Crippen LogP contribution in [0.5, 0.6) is 0 Å². The molecule has 0 saturated carbocycles. The second-order valence-electron chi connectivity index (χ2n) is 3.67. The zero-order valence-electron chi connectivity index (χ0n) is 8.46. The molecule has 0 spiro atoms. The van der Waals surface area contributed by atoms with Crippen LogP contribution in [0.2, 0.25) is 0 Å². The minimum Gasteiger partial charge on any atom is -0.317 e. The summed E-state index contributed by atoms with van der Waals surface area (Å²) in [5, 5.41) is 0. The van der Waals surface area contributed by atoms with Gasteiger partial charge in [0.15, 0.2) is 0 Å². The Morgan fingerprint density at radius 3 is 3.00 bits per heavy atom. The van der Waals surface area contributed by atoms with Crippen molar-refractivity contribution in [3.8, 4) is 0 Å². The van der Waals surface area contributed by atoms with Gasteiger partial charge in [0.25, 0.3) is 0 Å². The molecule has 0 aromatic carbocycles. The van der Waals surface area contributed by atoms with Crippen molar-refractivity contribution in [1.82, 2.24) is 4.90 Å². The Morgan fingerprint density at radius 2 is 2.38 bits per heavy atom. The number of nitrogens with zero attached hydrogens (tertiary/aromatic N) is 1. The molecule has 1 heterocycles. The van der Waals surface area contributed by atoms with Gasteiger partial charge in [-0.05, 0) is 25.5 Å². The summed E-state index contributed by atoms with van der Waals surface area (Å²) in [7, 11) is 0. The van der Waals surface area contributed by atoms with E-state index in [2.05, 4.69) is 13.5 Å². The second-order valence-corrected chi connectivity index (χ2v) is 3.67. The number of rotatable bonds is 3. The van der Waals surface area contributed by atoms with E-state index in [1.54, 1.807) is 6.20 Å². The molecule has 0 N–H and O–H groups in total. The third kappa shape index (κ3) is 2.58. The van der Waals surface area contributed by atoms with Gasteiger partial charge in [0.2, 0.25) is 5.91 Å². The molecule has 1 rings (SSSR count). The fourth-order valence-corrected chi connectivity index (χ4v) is 2.00. The molecule has 0 aromatic rings. The van der Waals surface area contributed by atoms with Gasteiger partial charge < -0.3 is 4.90 Å². The van der Waals surface area contributed by atoms with Crippen molar-refractivity contribution in [3.63, 3.8) is 0 Å². The lowest BCUT2D eigenvalue weighted by Gasteiger charge is -2.26. The summed E-state index contributed by atoms with van der Waals surface area (Å²) in [6, 6.07) is 0.414. The number of hydrogen-bond acceptors (Lipinski definition) is 1. The molecule has 1 unspecified atom stereocenters. The lowest BCUT2D eigenvalue weighted by atomic mass is 10.1. The molecular formula is C11H19NO. The lowest BCUT2D eigenvalue weighted by Crippen LogP contribution is -2.33.